The third-order valence-corrected chi connectivity index (χ3v) is 2.49. The Morgan fingerprint density at radius 3 is 2.82 bits per heavy atom. The summed E-state index contributed by atoms with van der Waals surface area (Å²) in [5.41, 5.74) is 6.42. The molecular formula is C12H16N2O3. The zero-order valence-electron chi connectivity index (χ0n) is 9.73. The molecule has 1 amide bonds. The lowest BCUT2D eigenvalue weighted by Crippen LogP contribution is -2.37. The standard InChI is InChI=1S/C12H16N2O3/c1-8(13)12(15)14-7-9-2-3-10-11(6-9)17-5-4-16-10/h2-3,6,8H,4-5,7,13H2,1H3,(H,14,15)/t8-/m0/s1. The van der Waals surface area contributed by atoms with E-state index in [9.17, 15) is 4.79 Å². The van der Waals surface area contributed by atoms with E-state index in [1.807, 2.05) is 18.2 Å². The molecule has 92 valence electrons. The van der Waals surface area contributed by atoms with Crippen molar-refractivity contribution in [1.29, 1.82) is 0 Å². The van der Waals surface area contributed by atoms with Crippen LogP contribution < -0.4 is 20.5 Å². The molecule has 2 rings (SSSR count). The molecule has 0 bridgehead atoms. The molecule has 0 saturated heterocycles. The molecule has 0 aromatic heterocycles. The Bertz CT molecular complexity index is 418. The topological polar surface area (TPSA) is 73.6 Å². The van der Waals surface area contributed by atoms with E-state index in [-0.39, 0.29) is 5.91 Å². The summed E-state index contributed by atoms with van der Waals surface area (Å²) in [6, 6.07) is 5.12. The lowest BCUT2D eigenvalue weighted by Gasteiger charge is -2.19. The van der Waals surface area contributed by atoms with Gasteiger partial charge in [0.2, 0.25) is 5.91 Å². The predicted molar refractivity (Wildman–Crippen MR) is 62.9 cm³/mol. The quantitative estimate of drug-likeness (QED) is 0.797. The van der Waals surface area contributed by atoms with Crippen LogP contribution in [0, 0.1) is 0 Å². The van der Waals surface area contributed by atoms with Gasteiger partial charge in [0, 0.05) is 6.54 Å². The second kappa shape index (κ2) is 5.05. The smallest absolute Gasteiger partial charge is 0.236 e. The second-order valence-electron chi connectivity index (χ2n) is 3.98. The van der Waals surface area contributed by atoms with Crippen molar-refractivity contribution in [3.05, 3.63) is 23.8 Å². The zero-order chi connectivity index (χ0) is 12.3. The molecule has 0 aliphatic carbocycles. The average molecular weight is 236 g/mol. The highest BCUT2D eigenvalue weighted by atomic mass is 16.6. The van der Waals surface area contributed by atoms with Crippen LogP contribution >= 0.6 is 0 Å². The molecule has 1 aliphatic rings. The SMILES string of the molecule is C[C@H](N)C(=O)NCc1ccc2c(c1)OCCO2. The molecule has 0 saturated carbocycles. The number of carbonyl (C=O) groups is 1. The van der Waals surface area contributed by atoms with E-state index in [1.165, 1.54) is 0 Å². The van der Waals surface area contributed by atoms with Crippen molar-refractivity contribution in [3.8, 4) is 11.5 Å². The van der Waals surface area contributed by atoms with E-state index in [2.05, 4.69) is 5.32 Å². The van der Waals surface area contributed by atoms with Gasteiger partial charge in [-0.1, -0.05) is 6.07 Å². The maximum absolute atomic E-state index is 11.3. The van der Waals surface area contributed by atoms with Gasteiger partial charge in [0.05, 0.1) is 6.04 Å². The number of nitrogens with one attached hydrogen (secondary N) is 1. The minimum absolute atomic E-state index is 0.167. The molecule has 5 nitrogen and oxygen atoms in total. The molecule has 17 heavy (non-hydrogen) atoms. The van der Waals surface area contributed by atoms with Gasteiger partial charge in [-0.05, 0) is 24.6 Å². The first-order chi connectivity index (χ1) is 8.16. The van der Waals surface area contributed by atoms with Crippen molar-refractivity contribution in [2.45, 2.75) is 19.5 Å². The number of hydrogen-bond donors (Lipinski definition) is 2. The van der Waals surface area contributed by atoms with Gasteiger partial charge >= 0.3 is 0 Å². The van der Waals surface area contributed by atoms with Crippen molar-refractivity contribution >= 4 is 5.91 Å². The molecule has 0 unspecified atom stereocenters. The number of ether oxygens (including phenoxy) is 2. The Balaban J connectivity index is 2.00. The van der Waals surface area contributed by atoms with Crippen LogP contribution in [0.25, 0.3) is 0 Å². The van der Waals surface area contributed by atoms with E-state index < -0.39 is 6.04 Å². The molecule has 1 aromatic carbocycles. The van der Waals surface area contributed by atoms with Crippen molar-refractivity contribution in [3.63, 3.8) is 0 Å². The van der Waals surface area contributed by atoms with Gasteiger partial charge in [-0.25, -0.2) is 0 Å². The number of rotatable bonds is 3. The summed E-state index contributed by atoms with van der Waals surface area (Å²) in [6.45, 7) is 3.23. The highest BCUT2D eigenvalue weighted by Gasteiger charge is 2.12. The van der Waals surface area contributed by atoms with Crippen molar-refractivity contribution < 1.29 is 14.3 Å². The Morgan fingerprint density at radius 1 is 1.41 bits per heavy atom. The number of amides is 1. The van der Waals surface area contributed by atoms with Gasteiger partial charge in [0.25, 0.3) is 0 Å². The Kier molecular flexibility index (Phi) is 3.49. The van der Waals surface area contributed by atoms with Crippen LogP contribution in [-0.4, -0.2) is 25.2 Å². The molecule has 1 heterocycles. The van der Waals surface area contributed by atoms with Gasteiger partial charge in [0.15, 0.2) is 11.5 Å². The summed E-state index contributed by atoms with van der Waals surface area (Å²) in [4.78, 5) is 11.3. The lowest BCUT2D eigenvalue weighted by molar-refractivity contribution is -0.122. The maximum Gasteiger partial charge on any atom is 0.236 e. The second-order valence-corrected chi connectivity index (χ2v) is 3.98. The first kappa shape index (κ1) is 11.7. The predicted octanol–water partition coefficient (Wildman–Crippen LogP) is 0.421. The zero-order valence-corrected chi connectivity index (χ0v) is 9.73. The summed E-state index contributed by atoms with van der Waals surface area (Å²) >= 11 is 0. The highest BCUT2D eigenvalue weighted by Crippen LogP contribution is 2.30. The summed E-state index contributed by atoms with van der Waals surface area (Å²) in [6.07, 6.45) is 0. The lowest BCUT2D eigenvalue weighted by atomic mass is 10.2. The third kappa shape index (κ3) is 2.88. The van der Waals surface area contributed by atoms with Crippen molar-refractivity contribution in [2.24, 2.45) is 5.73 Å². The molecule has 1 atom stereocenters. The van der Waals surface area contributed by atoms with E-state index in [4.69, 9.17) is 15.2 Å². The number of fused-ring (bicyclic) bond motifs is 1. The molecule has 5 heteroatoms. The number of hydrogen-bond acceptors (Lipinski definition) is 4. The van der Waals surface area contributed by atoms with Gasteiger partial charge < -0.3 is 20.5 Å². The molecule has 0 spiro atoms. The van der Waals surface area contributed by atoms with Crippen molar-refractivity contribution in [2.75, 3.05) is 13.2 Å². The molecular weight excluding hydrogens is 220 g/mol. The minimum atomic E-state index is -0.493. The van der Waals surface area contributed by atoms with Crippen LogP contribution in [0.1, 0.15) is 12.5 Å². The van der Waals surface area contributed by atoms with E-state index in [0.717, 1.165) is 17.1 Å². The van der Waals surface area contributed by atoms with E-state index >= 15 is 0 Å². The molecule has 0 radical (unpaired) electrons. The van der Waals surface area contributed by atoms with Gasteiger partial charge in [0.1, 0.15) is 13.2 Å². The van der Waals surface area contributed by atoms with Crippen LogP contribution in [0.5, 0.6) is 11.5 Å². The van der Waals surface area contributed by atoms with Crippen LogP contribution in [0.3, 0.4) is 0 Å². The van der Waals surface area contributed by atoms with Crippen LogP contribution in [0.15, 0.2) is 18.2 Å². The van der Waals surface area contributed by atoms with Gasteiger partial charge in [-0.15, -0.1) is 0 Å². The first-order valence-electron chi connectivity index (χ1n) is 5.58. The Morgan fingerprint density at radius 2 is 2.12 bits per heavy atom. The largest absolute Gasteiger partial charge is 0.486 e. The number of carbonyl (C=O) groups excluding carboxylic acids is 1. The fourth-order valence-corrected chi connectivity index (χ4v) is 1.55. The van der Waals surface area contributed by atoms with Gasteiger partial charge in [-0.2, -0.15) is 0 Å². The van der Waals surface area contributed by atoms with E-state index in [1.54, 1.807) is 6.92 Å². The third-order valence-electron chi connectivity index (χ3n) is 2.49. The normalized spacial score (nSPS) is 15.2. The Hall–Kier alpha value is -1.75. The minimum Gasteiger partial charge on any atom is -0.486 e. The fourth-order valence-electron chi connectivity index (χ4n) is 1.55. The number of nitrogens with two attached hydrogens (primary N) is 1. The fraction of sp³-hybridized carbons (Fsp3) is 0.417. The molecule has 3 N–H and O–H groups in total. The van der Waals surface area contributed by atoms with Crippen LogP contribution in [-0.2, 0) is 11.3 Å². The summed E-state index contributed by atoms with van der Waals surface area (Å²) in [5, 5.41) is 2.74. The highest BCUT2D eigenvalue weighted by molar-refractivity contribution is 5.80. The monoisotopic (exact) mass is 236 g/mol. The summed E-state index contributed by atoms with van der Waals surface area (Å²) < 4.78 is 10.9. The first-order valence-corrected chi connectivity index (χ1v) is 5.58. The molecule has 1 aromatic rings. The van der Waals surface area contributed by atoms with Crippen LogP contribution in [0.4, 0.5) is 0 Å². The Labute approximate surface area is 99.9 Å². The van der Waals surface area contributed by atoms with E-state index in [0.29, 0.717) is 19.8 Å². The summed E-state index contributed by atoms with van der Waals surface area (Å²) in [7, 11) is 0. The average Bonchev–Trinajstić information content (AvgIpc) is 2.35. The maximum atomic E-state index is 11.3. The summed E-state index contributed by atoms with van der Waals surface area (Å²) in [5.74, 6) is 1.31. The molecule has 1 aliphatic heterocycles. The van der Waals surface area contributed by atoms with Gasteiger partial charge in [-0.3, -0.25) is 4.79 Å². The van der Waals surface area contributed by atoms with Crippen LogP contribution in [0.2, 0.25) is 0 Å². The number of benzene rings is 1. The van der Waals surface area contributed by atoms with Crippen molar-refractivity contribution in [1.82, 2.24) is 5.32 Å². The molecule has 0 fully saturated rings.